The fourth-order valence-electron chi connectivity index (χ4n) is 0.523. The second kappa shape index (κ2) is 7.79. The van der Waals surface area contributed by atoms with Gasteiger partial charge in [-0.3, -0.25) is 4.79 Å². The average molecular weight is 166 g/mol. The average Bonchev–Trinajstić information content (AvgIpc) is 2.02. The highest BCUT2D eigenvalue weighted by atomic mass is 16.5. The Balaban J connectivity index is 3.52. The maximum atomic E-state index is 10.3. The third kappa shape index (κ3) is 8.69. The molecule has 0 atom stereocenters. The predicted molar refractivity (Wildman–Crippen MR) is 49.5 cm³/mol. The molecule has 0 N–H and O–H groups in total. The monoisotopic (exact) mass is 166 g/mol. The maximum absolute atomic E-state index is 10.3. The standard InChI is InChI=1S/C10H14O2/c1-3-4-5-6-7-8-9-12-10(2)11/h4-9H,3H2,1-2H3. The SMILES string of the molecule is CCC=CC=CC=COC(C)=O. The van der Waals surface area contributed by atoms with Crippen molar-refractivity contribution in [2.75, 3.05) is 0 Å². The van der Waals surface area contributed by atoms with E-state index in [0.717, 1.165) is 6.42 Å². The van der Waals surface area contributed by atoms with Gasteiger partial charge in [-0.25, -0.2) is 0 Å². The first kappa shape index (κ1) is 10.7. The smallest absolute Gasteiger partial charge is 0.307 e. The lowest BCUT2D eigenvalue weighted by atomic mass is 10.4. The molecule has 0 bridgehead atoms. The molecule has 0 aliphatic rings. The van der Waals surface area contributed by atoms with E-state index < -0.39 is 0 Å². The summed E-state index contributed by atoms with van der Waals surface area (Å²) < 4.78 is 4.55. The molecule has 0 heterocycles. The van der Waals surface area contributed by atoms with Gasteiger partial charge in [-0.05, 0) is 12.5 Å². The Labute approximate surface area is 73.2 Å². The van der Waals surface area contributed by atoms with Gasteiger partial charge in [-0.2, -0.15) is 0 Å². The van der Waals surface area contributed by atoms with Crippen molar-refractivity contribution < 1.29 is 9.53 Å². The van der Waals surface area contributed by atoms with Crippen molar-refractivity contribution in [2.24, 2.45) is 0 Å². The number of esters is 1. The van der Waals surface area contributed by atoms with Gasteiger partial charge in [-0.1, -0.05) is 31.2 Å². The summed E-state index contributed by atoms with van der Waals surface area (Å²) in [7, 11) is 0. The molecule has 0 aliphatic carbocycles. The highest BCUT2D eigenvalue weighted by Crippen LogP contribution is 1.84. The van der Waals surface area contributed by atoms with Crippen LogP contribution < -0.4 is 0 Å². The van der Waals surface area contributed by atoms with Crippen molar-refractivity contribution >= 4 is 5.97 Å². The van der Waals surface area contributed by atoms with E-state index in [1.54, 1.807) is 12.2 Å². The number of ether oxygens (including phenoxy) is 1. The molecule has 0 saturated heterocycles. The van der Waals surface area contributed by atoms with E-state index in [9.17, 15) is 4.79 Å². The van der Waals surface area contributed by atoms with E-state index in [2.05, 4.69) is 11.7 Å². The van der Waals surface area contributed by atoms with Gasteiger partial charge in [0, 0.05) is 6.92 Å². The van der Waals surface area contributed by atoms with E-state index in [-0.39, 0.29) is 5.97 Å². The highest BCUT2D eigenvalue weighted by molar-refractivity contribution is 5.66. The van der Waals surface area contributed by atoms with Crippen LogP contribution in [0.25, 0.3) is 0 Å². The zero-order chi connectivity index (χ0) is 9.23. The number of allylic oxidation sites excluding steroid dienone is 5. The number of carbonyl (C=O) groups is 1. The largest absolute Gasteiger partial charge is 0.435 e. The Hall–Kier alpha value is -1.31. The first-order valence-corrected chi connectivity index (χ1v) is 3.93. The summed E-state index contributed by atoms with van der Waals surface area (Å²) in [6.45, 7) is 3.43. The molecule has 0 amide bonds. The van der Waals surface area contributed by atoms with Gasteiger partial charge < -0.3 is 4.74 Å². The number of rotatable bonds is 4. The molecule has 12 heavy (non-hydrogen) atoms. The van der Waals surface area contributed by atoms with Crippen molar-refractivity contribution in [3.63, 3.8) is 0 Å². The Morgan fingerprint density at radius 2 is 1.92 bits per heavy atom. The van der Waals surface area contributed by atoms with Crippen LogP contribution in [0.15, 0.2) is 36.6 Å². The van der Waals surface area contributed by atoms with Crippen LogP contribution in [0.3, 0.4) is 0 Å². The first-order chi connectivity index (χ1) is 5.77. The number of carbonyl (C=O) groups excluding carboxylic acids is 1. The summed E-state index contributed by atoms with van der Waals surface area (Å²) in [4.78, 5) is 10.3. The van der Waals surface area contributed by atoms with Crippen LogP contribution in [-0.4, -0.2) is 5.97 Å². The summed E-state index contributed by atoms with van der Waals surface area (Å²) in [5.74, 6) is -0.302. The van der Waals surface area contributed by atoms with Crippen LogP contribution in [0.5, 0.6) is 0 Å². The summed E-state index contributed by atoms with van der Waals surface area (Å²) in [5, 5.41) is 0. The van der Waals surface area contributed by atoms with Gasteiger partial charge in [0.2, 0.25) is 0 Å². The van der Waals surface area contributed by atoms with Crippen molar-refractivity contribution in [3.05, 3.63) is 36.6 Å². The molecule has 0 aromatic rings. The van der Waals surface area contributed by atoms with E-state index in [1.807, 2.05) is 18.2 Å². The van der Waals surface area contributed by atoms with Crippen LogP contribution in [0.4, 0.5) is 0 Å². The lowest BCUT2D eigenvalue weighted by Gasteiger charge is -1.86. The molecule has 0 aromatic carbocycles. The zero-order valence-corrected chi connectivity index (χ0v) is 7.49. The van der Waals surface area contributed by atoms with Gasteiger partial charge in [0.05, 0.1) is 6.26 Å². The fraction of sp³-hybridized carbons (Fsp3) is 0.300. The Morgan fingerprint density at radius 1 is 1.25 bits per heavy atom. The van der Waals surface area contributed by atoms with E-state index in [1.165, 1.54) is 13.2 Å². The Bertz CT molecular complexity index is 200. The minimum atomic E-state index is -0.302. The van der Waals surface area contributed by atoms with Crippen LogP contribution in [0, 0.1) is 0 Å². The molecular weight excluding hydrogens is 152 g/mol. The normalized spacial score (nSPS) is 11.8. The van der Waals surface area contributed by atoms with E-state index in [4.69, 9.17) is 0 Å². The number of hydrogen-bond acceptors (Lipinski definition) is 2. The lowest BCUT2D eigenvalue weighted by Crippen LogP contribution is -1.88. The predicted octanol–water partition coefficient (Wildman–Crippen LogP) is 2.59. The molecule has 0 aliphatic heterocycles. The molecule has 0 fully saturated rings. The van der Waals surface area contributed by atoms with Crippen molar-refractivity contribution in [3.8, 4) is 0 Å². The fourth-order valence-corrected chi connectivity index (χ4v) is 0.523. The Morgan fingerprint density at radius 3 is 2.50 bits per heavy atom. The van der Waals surface area contributed by atoms with Crippen LogP contribution >= 0.6 is 0 Å². The Kier molecular flexibility index (Phi) is 6.94. The minimum Gasteiger partial charge on any atom is -0.435 e. The molecule has 0 radical (unpaired) electrons. The molecule has 0 spiro atoms. The second-order valence-electron chi connectivity index (χ2n) is 2.16. The van der Waals surface area contributed by atoms with Gasteiger partial charge in [0.25, 0.3) is 0 Å². The molecule has 0 rings (SSSR count). The van der Waals surface area contributed by atoms with Crippen molar-refractivity contribution in [2.45, 2.75) is 20.3 Å². The highest BCUT2D eigenvalue weighted by Gasteiger charge is 1.81. The van der Waals surface area contributed by atoms with E-state index in [0.29, 0.717) is 0 Å². The first-order valence-electron chi connectivity index (χ1n) is 3.93. The van der Waals surface area contributed by atoms with Gasteiger partial charge >= 0.3 is 5.97 Å². The lowest BCUT2D eigenvalue weighted by molar-refractivity contribution is -0.135. The number of hydrogen-bond donors (Lipinski definition) is 0. The van der Waals surface area contributed by atoms with Crippen LogP contribution in [-0.2, 0) is 9.53 Å². The third-order valence-corrected chi connectivity index (χ3v) is 1.02. The quantitative estimate of drug-likeness (QED) is 0.364. The summed E-state index contributed by atoms with van der Waals surface area (Å²) in [5.41, 5.74) is 0. The van der Waals surface area contributed by atoms with Crippen LogP contribution in [0.2, 0.25) is 0 Å². The van der Waals surface area contributed by atoms with Gasteiger partial charge in [0.1, 0.15) is 0 Å². The molecule has 0 aromatic heterocycles. The minimum absolute atomic E-state index is 0.302. The topological polar surface area (TPSA) is 26.3 Å². The summed E-state index contributed by atoms with van der Waals surface area (Å²) >= 11 is 0. The van der Waals surface area contributed by atoms with Gasteiger partial charge in [-0.15, -0.1) is 0 Å². The van der Waals surface area contributed by atoms with Crippen LogP contribution in [0.1, 0.15) is 20.3 Å². The second-order valence-corrected chi connectivity index (χ2v) is 2.16. The zero-order valence-electron chi connectivity index (χ0n) is 7.49. The molecule has 0 saturated carbocycles. The molecule has 2 nitrogen and oxygen atoms in total. The van der Waals surface area contributed by atoms with Crippen molar-refractivity contribution in [1.82, 2.24) is 0 Å². The summed E-state index contributed by atoms with van der Waals surface area (Å²) in [6.07, 6.45) is 11.7. The molecular formula is C10H14O2. The third-order valence-electron chi connectivity index (χ3n) is 1.02. The molecule has 66 valence electrons. The van der Waals surface area contributed by atoms with Crippen molar-refractivity contribution in [1.29, 1.82) is 0 Å². The molecule has 2 heteroatoms. The van der Waals surface area contributed by atoms with Gasteiger partial charge in [0.15, 0.2) is 0 Å². The molecule has 0 unspecified atom stereocenters. The van der Waals surface area contributed by atoms with E-state index >= 15 is 0 Å². The summed E-state index contributed by atoms with van der Waals surface area (Å²) in [6, 6.07) is 0. The maximum Gasteiger partial charge on any atom is 0.307 e.